The van der Waals surface area contributed by atoms with Crippen molar-refractivity contribution in [3.8, 4) is 0 Å². The van der Waals surface area contributed by atoms with Gasteiger partial charge < -0.3 is 5.32 Å². The number of aromatic nitrogens is 2. The molecular weight excluding hydrogens is 230 g/mol. The molecule has 17 heavy (non-hydrogen) atoms. The lowest BCUT2D eigenvalue weighted by atomic mass is 9.84. The van der Waals surface area contributed by atoms with Crippen molar-refractivity contribution in [1.82, 2.24) is 14.9 Å². The van der Waals surface area contributed by atoms with Gasteiger partial charge >= 0.3 is 0 Å². The Kier molecular flexibility index (Phi) is 5.39. The van der Waals surface area contributed by atoms with Crippen LogP contribution < -0.4 is 5.32 Å². The summed E-state index contributed by atoms with van der Waals surface area (Å²) in [5.74, 6) is 0.889. The molecule has 3 nitrogen and oxygen atoms in total. The molecule has 0 spiro atoms. The van der Waals surface area contributed by atoms with Crippen LogP contribution in [0.5, 0.6) is 0 Å². The molecule has 1 aromatic rings. The summed E-state index contributed by atoms with van der Waals surface area (Å²) < 4.78 is 4.00. The third-order valence-electron chi connectivity index (χ3n) is 3.67. The van der Waals surface area contributed by atoms with E-state index in [4.69, 9.17) is 0 Å². The molecule has 1 unspecified atom stereocenters. The van der Waals surface area contributed by atoms with Crippen molar-refractivity contribution in [2.75, 3.05) is 6.54 Å². The highest BCUT2D eigenvalue weighted by atomic mass is 32.1. The maximum Gasteiger partial charge on any atom is 0.0924 e. The summed E-state index contributed by atoms with van der Waals surface area (Å²) in [6.45, 7) is 3.29. The Balaban J connectivity index is 1.90. The van der Waals surface area contributed by atoms with E-state index in [2.05, 4.69) is 27.2 Å². The first-order chi connectivity index (χ1) is 8.40. The van der Waals surface area contributed by atoms with Gasteiger partial charge in [-0.3, -0.25) is 0 Å². The topological polar surface area (TPSA) is 37.8 Å². The first-order valence-corrected chi connectivity index (χ1v) is 7.74. The van der Waals surface area contributed by atoms with Crippen LogP contribution in [-0.2, 0) is 0 Å². The quantitative estimate of drug-likeness (QED) is 0.842. The number of rotatable bonds is 6. The van der Waals surface area contributed by atoms with Gasteiger partial charge in [0.2, 0.25) is 0 Å². The Morgan fingerprint density at radius 3 is 2.88 bits per heavy atom. The first-order valence-electron chi connectivity index (χ1n) is 6.90. The molecule has 2 rings (SSSR count). The van der Waals surface area contributed by atoms with E-state index in [1.54, 1.807) is 0 Å². The van der Waals surface area contributed by atoms with Gasteiger partial charge in [0.05, 0.1) is 11.7 Å². The minimum absolute atomic E-state index is 0.428. The normalized spacial score (nSPS) is 19.4. The van der Waals surface area contributed by atoms with E-state index in [0.717, 1.165) is 18.2 Å². The highest BCUT2D eigenvalue weighted by Crippen LogP contribution is 2.31. The fourth-order valence-corrected chi connectivity index (χ4v) is 3.22. The fourth-order valence-electron chi connectivity index (χ4n) is 2.71. The van der Waals surface area contributed by atoms with E-state index < -0.39 is 0 Å². The van der Waals surface area contributed by atoms with Crippen LogP contribution in [0, 0.1) is 5.92 Å². The van der Waals surface area contributed by atoms with Gasteiger partial charge in [-0.25, -0.2) is 0 Å². The molecule has 1 aromatic heterocycles. The maximum absolute atomic E-state index is 4.24. The van der Waals surface area contributed by atoms with E-state index in [9.17, 15) is 0 Å². The van der Waals surface area contributed by atoms with Crippen molar-refractivity contribution in [2.45, 2.75) is 57.9 Å². The summed E-state index contributed by atoms with van der Waals surface area (Å²) in [7, 11) is 0. The SMILES string of the molecule is CCCNC(CC1CCCCC1)c1csnn1. The maximum atomic E-state index is 4.24. The molecule has 1 heterocycles. The molecule has 1 atom stereocenters. The van der Waals surface area contributed by atoms with Crippen molar-refractivity contribution >= 4 is 11.5 Å². The molecule has 0 bridgehead atoms. The standard InChI is InChI=1S/C13H23N3S/c1-2-8-14-12(13-10-17-16-15-13)9-11-6-4-3-5-7-11/h10-12,14H,2-9H2,1H3. The molecule has 1 aliphatic rings. The van der Waals surface area contributed by atoms with E-state index in [0.29, 0.717) is 6.04 Å². The summed E-state index contributed by atoms with van der Waals surface area (Å²) in [6, 6.07) is 0.428. The van der Waals surface area contributed by atoms with Gasteiger partial charge in [-0.15, -0.1) is 5.10 Å². The molecule has 0 saturated heterocycles. The summed E-state index contributed by atoms with van der Waals surface area (Å²) in [6.07, 6.45) is 9.50. The summed E-state index contributed by atoms with van der Waals surface area (Å²) in [5.41, 5.74) is 1.15. The molecule has 96 valence electrons. The van der Waals surface area contributed by atoms with Gasteiger partial charge in [-0.1, -0.05) is 43.5 Å². The minimum atomic E-state index is 0.428. The molecule has 4 heteroatoms. The van der Waals surface area contributed by atoms with Gasteiger partial charge in [-0.05, 0) is 36.8 Å². The van der Waals surface area contributed by atoms with Crippen LogP contribution in [-0.4, -0.2) is 16.1 Å². The van der Waals surface area contributed by atoms with Gasteiger partial charge in [0, 0.05) is 5.38 Å². The van der Waals surface area contributed by atoms with Crippen LogP contribution >= 0.6 is 11.5 Å². The largest absolute Gasteiger partial charge is 0.309 e. The average Bonchev–Trinajstić information content (AvgIpc) is 2.89. The monoisotopic (exact) mass is 253 g/mol. The van der Waals surface area contributed by atoms with E-state index in [1.807, 2.05) is 0 Å². The van der Waals surface area contributed by atoms with Crippen LogP contribution in [0.3, 0.4) is 0 Å². The van der Waals surface area contributed by atoms with Crippen LogP contribution in [0.2, 0.25) is 0 Å². The first kappa shape index (κ1) is 13.0. The summed E-state index contributed by atoms with van der Waals surface area (Å²) >= 11 is 1.46. The van der Waals surface area contributed by atoms with Gasteiger partial charge in [0.1, 0.15) is 0 Å². The third kappa shape index (κ3) is 4.03. The van der Waals surface area contributed by atoms with E-state index in [-0.39, 0.29) is 0 Å². The molecule has 0 aliphatic heterocycles. The number of hydrogen-bond acceptors (Lipinski definition) is 4. The van der Waals surface area contributed by atoms with Gasteiger partial charge in [0.15, 0.2) is 0 Å². The van der Waals surface area contributed by atoms with E-state index >= 15 is 0 Å². The summed E-state index contributed by atoms with van der Waals surface area (Å²) in [4.78, 5) is 0. The highest BCUT2D eigenvalue weighted by molar-refractivity contribution is 7.03. The van der Waals surface area contributed by atoms with Crippen LogP contribution in [0.1, 0.15) is 63.6 Å². The second-order valence-electron chi connectivity index (χ2n) is 5.08. The average molecular weight is 253 g/mol. The van der Waals surface area contributed by atoms with Gasteiger partial charge in [0.25, 0.3) is 0 Å². The van der Waals surface area contributed by atoms with Crippen molar-refractivity contribution in [1.29, 1.82) is 0 Å². The second-order valence-corrected chi connectivity index (χ2v) is 5.69. The van der Waals surface area contributed by atoms with E-state index in [1.165, 1.54) is 56.5 Å². The highest BCUT2D eigenvalue weighted by Gasteiger charge is 2.21. The third-order valence-corrected chi connectivity index (χ3v) is 4.19. The predicted octanol–water partition coefficient (Wildman–Crippen LogP) is 3.55. The molecule has 0 amide bonds. The zero-order valence-corrected chi connectivity index (χ0v) is 11.5. The molecule has 1 saturated carbocycles. The van der Waals surface area contributed by atoms with Crippen molar-refractivity contribution in [2.24, 2.45) is 5.92 Å². The lowest BCUT2D eigenvalue weighted by molar-refractivity contribution is 0.297. The number of nitrogens with one attached hydrogen (secondary N) is 1. The lowest BCUT2D eigenvalue weighted by Gasteiger charge is -2.26. The predicted molar refractivity (Wildman–Crippen MR) is 72.1 cm³/mol. The Bertz CT molecular complexity index is 294. The molecular formula is C13H23N3S. The second kappa shape index (κ2) is 7.07. The molecule has 1 fully saturated rings. The van der Waals surface area contributed by atoms with Gasteiger partial charge in [-0.2, -0.15) is 0 Å². The molecule has 0 radical (unpaired) electrons. The Hall–Kier alpha value is -0.480. The zero-order chi connectivity index (χ0) is 11.9. The molecule has 0 aromatic carbocycles. The fraction of sp³-hybridized carbons (Fsp3) is 0.846. The van der Waals surface area contributed by atoms with Crippen LogP contribution in [0.25, 0.3) is 0 Å². The molecule has 1 N–H and O–H groups in total. The lowest BCUT2D eigenvalue weighted by Crippen LogP contribution is -2.25. The van der Waals surface area contributed by atoms with Crippen molar-refractivity contribution < 1.29 is 0 Å². The van der Waals surface area contributed by atoms with Crippen LogP contribution in [0.4, 0.5) is 0 Å². The zero-order valence-electron chi connectivity index (χ0n) is 10.7. The van der Waals surface area contributed by atoms with Crippen molar-refractivity contribution in [3.05, 3.63) is 11.1 Å². The number of nitrogens with zero attached hydrogens (tertiary/aromatic N) is 2. The van der Waals surface area contributed by atoms with Crippen LogP contribution in [0.15, 0.2) is 5.38 Å². The molecule has 1 aliphatic carbocycles. The van der Waals surface area contributed by atoms with Crippen molar-refractivity contribution in [3.63, 3.8) is 0 Å². The summed E-state index contributed by atoms with van der Waals surface area (Å²) in [5, 5.41) is 9.96. The Labute approximate surface area is 108 Å². The Morgan fingerprint density at radius 2 is 2.24 bits per heavy atom. The Morgan fingerprint density at radius 1 is 1.41 bits per heavy atom. The smallest absolute Gasteiger partial charge is 0.0924 e. The minimum Gasteiger partial charge on any atom is -0.309 e. The number of hydrogen-bond donors (Lipinski definition) is 1.